The zero-order chi connectivity index (χ0) is 26.6. The number of aryl methyl sites for hydroxylation is 1. The van der Waals surface area contributed by atoms with Crippen molar-refractivity contribution in [2.24, 2.45) is 0 Å². The van der Waals surface area contributed by atoms with Crippen LogP contribution in [0.2, 0.25) is 0 Å². The zero-order valence-electron chi connectivity index (χ0n) is 19.9. The number of hydrogen-bond donors (Lipinski definition) is 1. The fraction of sp³-hybridized carbons (Fsp3) is 0.308. The van der Waals surface area contributed by atoms with Gasteiger partial charge < -0.3 is 10.0 Å². The molecule has 194 valence electrons. The Morgan fingerprint density at radius 3 is 2.57 bits per heavy atom. The van der Waals surface area contributed by atoms with E-state index in [1.165, 1.54) is 39.8 Å². The van der Waals surface area contributed by atoms with Crippen molar-refractivity contribution in [3.63, 3.8) is 0 Å². The number of carbonyl (C=O) groups is 1. The zero-order valence-corrected chi connectivity index (χ0v) is 20.7. The van der Waals surface area contributed by atoms with Gasteiger partial charge in [-0.1, -0.05) is 37.3 Å². The van der Waals surface area contributed by atoms with E-state index in [2.05, 4.69) is 0 Å². The molecule has 5 rings (SSSR count). The molecule has 1 N–H and O–H groups in total. The van der Waals surface area contributed by atoms with Crippen molar-refractivity contribution in [3.05, 3.63) is 92.6 Å². The van der Waals surface area contributed by atoms with E-state index >= 15 is 4.39 Å². The number of benzene rings is 2. The Bertz CT molecular complexity index is 1460. The maximum absolute atomic E-state index is 15.1. The molecule has 0 saturated carbocycles. The van der Waals surface area contributed by atoms with Crippen LogP contribution in [0.5, 0.6) is 5.75 Å². The molecule has 1 amide bonds. The van der Waals surface area contributed by atoms with Gasteiger partial charge in [-0.25, -0.2) is 4.39 Å². The topological polar surface area (TPSA) is 65.8 Å². The number of halogens is 4. The van der Waals surface area contributed by atoms with Crippen molar-refractivity contribution >= 4 is 17.7 Å². The molecular formula is C26H23F4N3O3S. The quantitative estimate of drug-likeness (QED) is 0.483. The normalized spacial score (nSPS) is 18.1. The molecule has 1 aromatic heterocycles. The summed E-state index contributed by atoms with van der Waals surface area (Å²) in [6.45, 7) is 2.29. The summed E-state index contributed by atoms with van der Waals surface area (Å²) < 4.78 is 57.9. The third-order valence-electron chi connectivity index (χ3n) is 6.94. The average Bonchev–Trinajstić information content (AvgIpc) is 3.03. The van der Waals surface area contributed by atoms with E-state index in [1.807, 2.05) is 25.1 Å². The van der Waals surface area contributed by atoms with E-state index in [1.54, 1.807) is 6.07 Å². The molecule has 3 aromatic rings. The van der Waals surface area contributed by atoms with E-state index in [0.717, 1.165) is 29.7 Å². The molecule has 6 nitrogen and oxygen atoms in total. The number of pyridine rings is 1. The van der Waals surface area contributed by atoms with Crippen molar-refractivity contribution in [1.82, 2.24) is 9.58 Å². The second kappa shape index (κ2) is 9.13. The lowest BCUT2D eigenvalue weighted by molar-refractivity contribution is -0.173. The summed E-state index contributed by atoms with van der Waals surface area (Å²) in [6.07, 6.45) is -2.90. The molecule has 0 radical (unpaired) electrons. The van der Waals surface area contributed by atoms with Gasteiger partial charge in [0, 0.05) is 22.9 Å². The highest BCUT2D eigenvalue weighted by atomic mass is 32.2. The monoisotopic (exact) mass is 533 g/mol. The van der Waals surface area contributed by atoms with Crippen LogP contribution in [0.25, 0.3) is 0 Å². The Hall–Kier alpha value is -3.47. The summed E-state index contributed by atoms with van der Waals surface area (Å²) in [7, 11) is 0. The summed E-state index contributed by atoms with van der Waals surface area (Å²) in [5, 5.41) is 12.1. The number of aromatic nitrogens is 1. The van der Waals surface area contributed by atoms with Gasteiger partial charge in [-0.15, -0.1) is 11.8 Å². The molecule has 2 atom stereocenters. The smallest absolute Gasteiger partial charge is 0.408 e. The number of carbonyl (C=O) groups excluding carboxylic acids is 1. The van der Waals surface area contributed by atoms with Crippen LogP contribution in [0, 0.1) is 5.82 Å². The van der Waals surface area contributed by atoms with E-state index in [9.17, 15) is 27.9 Å². The standard InChI is InChI=1S/C26H23F4N3O3S/c1-3-15-6-4-7-16-12-37-24-17(8-5-9-18(24)27)21(20(15)16)33-13-31(14(2)26(28,29)30)25(36)22-23(35)19(34)10-11-32(22)33/h4-11,14,21,35H,3,12-13H2,1-2H3/t14-,21+/m1/s1. The average molecular weight is 534 g/mol. The van der Waals surface area contributed by atoms with Gasteiger partial charge in [-0.05, 0) is 41.7 Å². The van der Waals surface area contributed by atoms with Crippen LogP contribution in [-0.2, 0) is 12.2 Å². The first kappa shape index (κ1) is 25.2. The first-order valence-electron chi connectivity index (χ1n) is 11.7. The number of aromatic hydroxyl groups is 1. The summed E-state index contributed by atoms with van der Waals surface area (Å²) in [5.74, 6) is -2.09. The molecule has 2 aliphatic rings. The lowest BCUT2D eigenvalue weighted by Crippen LogP contribution is -2.60. The SMILES string of the molecule is CCc1cccc2c1[C@@H](N1CN([C@H](C)C(F)(F)F)C(=O)c3c(O)c(=O)ccn31)c1cccc(F)c1SC2. The molecule has 37 heavy (non-hydrogen) atoms. The highest BCUT2D eigenvalue weighted by Gasteiger charge is 2.48. The van der Waals surface area contributed by atoms with Crippen molar-refractivity contribution in [2.45, 2.75) is 49.2 Å². The van der Waals surface area contributed by atoms with Gasteiger partial charge in [-0.2, -0.15) is 13.2 Å². The van der Waals surface area contributed by atoms with Gasteiger partial charge in [-0.3, -0.25) is 19.3 Å². The highest BCUT2D eigenvalue weighted by Crippen LogP contribution is 2.45. The maximum Gasteiger partial charge on any atom is 0.408 e. The summed E-state index contributed by atoms with van der Waals surface area (Å²) in [5.41, 5.74) is 1.64. The highest BCUT2D eigenvalue weighted by molar-refractivity contribution is 7.98. The maximum atomic E-state index is 15.1. The van der Waals surface area contributed by atoms with E-state index in [0.29, 0.717) is 27.5 Å². The molecule has 0 fully saturated rings. The molecule has 2 aliphatic heterocycles. The third-order valence-corrected chi connectivity index (χ3v) is 8.11. The van der Waals surface area contributed by atoms with Crippen LogP contribution in [0.15, 0.2) is 58.4 Å². The van der Waals surface area contributed by atoms with Crippen molar-refractivity contribution in [2.75, 3.05) is 11.7 Å². The molecule has 3 heterocycles. The minimum Gasteiger partial charge on any atom is -0.502 e. The van der Waals surface area contributed by atoms with Gasteiger partial charge in [0.1, 0.15) is 18.5 Å². The van der Waals surface area contributed by atoms with Gasteiger partial charge in [0.2, 0.25) is 5.43 Å². The van der Waals surface area contributed by atoms with Gasteiger partial charge >= 0.3 is 6.18 Å². The van der Waals surface area contributed by atoms with Crippen LogP contribution in [-0.4, -0.2) is 39.5 Å². The Labute approximate surface area is 214 Å². The number of nitrogens with zero attached hydrogens (tertiary/aromatic N) is 3. The molecule has 0 saturated heterocycles. The van der Waals surface area contributed by atoms with Crippen molar-refractivity contribution < 1.29 is 27.5 Å². The molecule has 0 unspecified atom stereocenters. The number of thioether (sulfide) groups is 1. The van der Waals surface area contributed by atoms with E-state index in [4.69, 9.17) is 0 Å². The van der Waals surface area contributed by atoms with Crippen LogP contribution >= 0.6 is 11.8 Å². The molecule has 11 heteroatoms. The number of hydrogen-bond acceptors (Lipinski definition) is 5. The predicted molar refractivity (Wildman–Crippen MR) is 131 cm³/mol. The number of alkyl halides is 3. The summed E-state index contributed by atoms with van der Waals surface area (Å²) >= 11 is 1.29. The van der Waals surface area contributed by atoms with Crippen LogP contribution < -0.4 is 10.4 Å². The number of rotatable bonds is 3. The molecule has 2 aromatic carbocycles. The minimum absolute atomic E-state index is 0.352. The van der Waals surface area contributed by atoms with Crippen LogP contribution in [0.3, 0.4) is 0 Å². The Kier molecular flexibility index (Phi) is 6.21. The van der Waals surface area contributed by atoms with Crippen LogP contribution in [0.1, 0.15) is 52.6 Å². The largest absolute Gasteiger partial charge is 0.502 e. The second-order valence-corrected chi connectivity index (χ2v) is 9.97. The molecule has 0 bridgehead atoms. The Balaban J connectivity index is 1.83. The summed E-state index contributed by atoms with van der Waals surface area (Å²) in [4.78, 5) is 26.5. The molecular weight excluding hydrogens is 510 g/mol. The summed E-state index contributed by atoms with van der Waals surface area (Å²) in [6, 6.07) is 8.30. The van der Waals surface area contributed by atoms with E-state index in [-0.39, 0.29) is 0 Å². The third kappa shape index (κ3) is 4.05. The lowest BCUT2D eigenvalue weighted by Gasteiger charge is -2.46. The van der Waals surface area contributed by atoms with Crippen LogP contribution in [0.4, 0.5) is 17.6 Å². The minimum atomic E-state index is -4.76. The lowest BCUT2D eigenvalue weighted by atomic mass is 9.89. The second-order valence-electron chi connectivity index (χ2n) is 8.99. The molecule has 0 spiro atoms. The fourth-order valence-corrected chi connectivity index (χ4v) is 6.10. The fourth-order valence-electron chi connectivity index (χ4n) is 5.00. The van der Waals surface area contributed by atoms with Crippen molar-refractivity contribution in [3.8, 4) is 5.75 Å². The van der Waals surface area contributed by atoms with E-state index < -0.39 is 53.5 Å². The van der Waals surface area contributed by atoms with Gasteiger partial charge in [0.15, 0.2) is 11.4 Å². The molecule has 0 aliphatic carbocycles. The van der Waals surface area contributed by atoms with Gasteiger partial charge in [0.05, 0.1) is 6.04 Å². The van der Waals surface area contributed by atoms with Crippen molar-refractivity contribution in [1.29, 1.82) is 0 Å². The Morgan fingerprint density at radius 2 is 1.86 bits per heavy atom. The number of amides is 1. The predicted octanol–water partition coefficient (Wildman–Crippen LogP) is 4.95. The van der Waals surface area contributed by atoms with Gasteiger partial charge in [0.25, 0.3) is 5.91 Å². The Morgan fingerprint density at radius 1 is 1.14 bits per heavy atom. The number of fused-ring (bicyclic) bond motifs is 3. The first-order valence-corrected chi connectivity index (χ1v) is 12.6. The first-order chi connectivity index (χ1) is 17.5.